The Labute approximate surface area is 237 Å². The van der Waals surface area contributed by atoms with Crippen LogP contribution in [0.5, 0.6) is 11.5 Å². The molecule has 7 nitrogen and oxygen atoms in total. The molecule has 0 saturated carbocycles. The maximum Gasteiger partial charge on any atom is 0.338 e. The van der Waals surface area contributed by atoms with E-state index in [4.69, 9.17) is 19.2 Å². The summed E-state index contributed by atoms with van der Waals surface area (Å²) in [5, 5.41) is 0. The van der Waals surface area contributed by atoms with Crippen molar-refractivity contribution in [2.45, 2.75) is 13.0 Å². The van der Waals surface area contributed by atoms with Crippen LogP contribution in [0.15, 0.2) is 92.6 Å². The molecule has 1 aliphatic heterocycles. The molecule has 0 amide bonds. The highest BCUT2D eigenvalue weighted by molar-refractivity contribution is 9.10. The van der Waals surface area contributed by atoms with Crippen LogP contribution >= 0.6 is 27.3 Å². The lowest BCUT2D eigenvalue weighted by Crippen LogP contribution is -2.40. The topological polar surface area (TPSA) is 79.1 Å². The predicted molar refractivity (Wildman–Crippen MR) is 155 cm³/mol. The summed E-state index contributed by atoms with van der Waals surface area (Å²) in [5.41, 5.74) is 2.73. The van der Waals surface area contributed by atoms with Crippen LogP contribution in [0.4, 0.5) is 0 Å². The van der Waals surface area contributed by atoms with Gasteiger partial charge in [-0.05, 0) is 48.9 Å². The number of nitrogens with zero attached hydrogens (tertiary/aromatic N) is 2. The van der Waals surface area contributed by atoms with Crippen molar-refractivity contribution in [2.75, 3.05) is 20.8 Å². The summed E-state index contributed by atoms with van der Waals surface area (Å²) in [6.07, 6.45) is 1.79. The third-order valence-corrected chi connectivity index (χ3v) is 7.76. The van der Waals surface area contributed by atoms with Gasteiger partial charge in [0, 0.05) is 15.6 Å². The molecule has 5 rings (SSSR count). The Balaban J connectivity index is 1.83. The Morgan fingerprint density at radius 3 is 2.46 bits per heavy atom. The van der Waals surface area contributed by atoms with Gasteiger partial charge in [-0.3, -0.25) is 9.36 Å². The van der Waals surface area contributed by atoms with Crippen molar-refractivity contribution in [3.63, 3.8) is 0 Å². The predicted octanol–water partition coefficient (Wildman–Crippen LogP) is 4.72. The van der Waals surface area contributed by atoms with Gasteiger partial charge in [0.1, 0.15) is 11.5 Å². The van der Waals surface area contributed by atoms with E-state index in [9.17, 15) is 9.59 Å². The molecule has 1 aromatic heterocycles. The molecule has 39 heavy (non-hydrogen) atoms. The Hall–Kier alpha value is -3.95. The first-order valence-electron chi connectivity index (χ1n) is 12.2. The quantitative estimate of drug-likeness (QED) is 0.285. The van der Waals surface area contributed by atoms with Crippen LogP contribution < -0.4 is 24.4 Å². The van der Waals surface area contributed by atoms with Crippen LogP contribution in [0.2, 0.25) is 0 Å². The standard InChI is InChI=1S/C30H25BrN2O5S/c1-4-38-29(35)25-26(18-8-6-5-7-9-18)32-30-33(27(25)19-10-13-22(36-2)14-11-19)28(34)24(39-30)17-20-16-21(31)12-15-23(20)37-3/h5-17,27H,4H2,1-3H3/b24-17-. The largest absolute Gasteiger partial charge is 0.497 e. The lowest BCUT2D eigenvalue weighted by molar-refractivity contribution is -0.138. The zero-order chi connectivity index (χ0) is 27.5. The second kappa shape index (κ2) is 11.4. The number of benzene rings is 3. The van der Waals surface area contributed by atoms with E-state index in [0.29, 0.717) is 32.1 Å². The zero-order valence-corrected chi connectivity index (χ0v) is 23.9. The van der Waals surface area contributed by atoms with Crippen molar-refractivity contribution in [1.82, 2.24) is 4.57 Å². The van der Waals surface area contributed by atoms with E-state index in [0.717, 1.165) is 21.2 Å². The van der Waals surface area contributed by atoms with E-state index in [1.54, 1.807) is 31.8 Å². The molecule has 0 aliphatic carbocycles. The molecule has 2 heterocycles. The number of ether oxygens (including phenoxy) is 3. The highest BCUT2D eigenvalue weighted by Gasteiger charge is 2.35. The molecule has 0 radical (unpaired) electrons. The normalized spacial score (nSPS) is 15.0. The third-order valence-electron chi connectivity index (χ3n) is 6.28. The Morgan fingerprint density at radius 2 is 1.79 bits per heavy atom. The van der Waals surface area contributed by atoms with E-state index in [1.165, 1.54) is 11.3 Å². The first kappa shape index (κ1) is 26.6. The Bertz CT molecular complexity index is 1740. The van der Waals surface area contributed by atoms with Gasteiger partial charge in [-0.15, -0.1) is 0 Å². The number of halogens is 1. The number of hydrogen-bond acceptors (Lipinski definition) is 7. The second-order valence-corrected chi connectivity index (χ2v) is 10.5. The summed E-state index contributed by atoms with van der Waals surface area (Å²) in [5.74, 6) is 0.773. The van der Waals surface area contributed by atoms with Crippen molar-refractivity contribution >= 4 is 45.0 Å². The maximum atomic E-state index is 14.0. The Kier molecular flexibility index (Phi) is 7.81. The average molecular weight is 606 g/mol. The number of methoxy groups -OCH3 is 2. The summed E-state index contributed by atoms with van der Waals surface area (Å²) in [7, 11) is 3.18. The number of thiazole rings is 1. The number of carbonyl (C=O) groups is 1. The minimum absolute atomic E-state index is 0.187. The van der Waals surface area contributed by atoms with E-state index >= 15 is 0 Å². The highest BCUT2D eigenvalue weighted by Crippen LogP contribution is 2.35. The molecule has 0 saturated heterocycles. The highest BCUT2D eigenvalue weighted by atomic mass is 79.9. The fourth-order valence-corrected chi connectivity index (χ4v) is 5.87. The Morgan fingerprint density at radius 1 is 1.05 bits per heavy atom. The fourth-order valence-electron chi connectivity index (χ4n) is 4.50. The van der Waals surface area contributed by atoms with Crippen LogP contribution in [0.25, 0.3) is 11.8 Å². The SMILES string of the molecule is CCOC(=O)C1=C(c2ccccc2)N=c2s/c(=C\c3cc(Br)ccc3OC)c(=O)n2C1c1ccc(OC)cc1. The molecule has 3 aromatic carbocycles. The molecule has 0 N–H and O–H groups in total. The molecule has 0 bridgehead atoms. The van der Waals surface area contributed by atoms with Crippen molar-refractivity contribution < 1.29 is 19.0 Å². The van der Waals surface area contributed by atoms with Gasteiger partial charge in [0.2, 0.25) is 0 Å². The van der Waals surface area contributed by atoms with Gasteiger partial charge in [-0.2, -0.15) is 0 Å². The fraction of sp³-hybridized carbons (Fsp3) is 0.167. The van der Waals surface area contributed by atoms with Gasteiger partial charge in [-0.25, -0.2) is 9.79 Å². The van der Waals surface area contributed by atoms with Crippen molar-refractivity contribution in [2.24, 2.45) is 4.99 Å². The summed E-state index contributed by atoms with van der Waals surface area (Å²) in [6.45, 7) is 1.94. The molecular formula is C30H25BrN2O5S. The lowest BCUT2D eigenvalue weighted by Gasteiger charge is -2.26. The number of hydrogen-bond donors (Lipinski definition) is 0. The number of fused-ring (bicyclic) bond motifs is 1. The third kappa shape index (κ3) is 5.20. The van der Waals surface area contributed by atoms with Crippen molar-refractivity contribution in [1.29, 1.82) is 0 Å². The second-order valence-electron chi connectivity index (χ2n) is 8.59. The summed E-state index contributed by atoms with van der Waals surface area (Å²) < 4.78 is 19.3. The van der Waals surface area contributed by atoms with Crippen LogP contribution in [-0.2, 0) is 9.53 Å². The average Bonchev–Trinajstić information content (AvgIpc) is 3.27. The zero-order valence-electron chi connectivity index (χ0n) is 21.5. The number of rotatable bonds is 7. The van der Waals surface area contributed by atoms with Gasteiger partial charge < -0.3 is 14.2 Å². The monoisotopic (exact) mass is 604 g/mol. The molecule has 0 spiro atoms. The molecular weight excluding hydrogens is 580 g/mol. The molecule has 0 fully saturated rings. The molecule has 9 heteroatoms. The number of carbonyl (C=O) groups excluding carboxylic acids is 1. The summed E-state index contributed by atoms with van der Waals surface area (Å²) in [4.78, 5) is 32.9. The minimum Gasteiger partial charge on any atom is -0.497 e. The van der Waals surface area contributed by atoms with Crippen molar-refractivity contribution in [3.8, 4) is 11.5 Å². The van der Waals surface area contributed by atoms with Crippen LogP contribution in [-0.4, -0.2) is 31.4 Å². The van der Waals surface area contributed by atoms with Gasteiger partial charge >= 0.3 is 5.97 Å². The molecule has 1 atom stereocenters. The maximum absolute atomic E-state index is 14.0. The summed E-state index contributed by atoms with van der Waals surface area (Å²) >= 11 is 4.76. The first-order chi connectivity index (χ1) is 18.9. The molecule has 198 valence electrons. The smallest absolute Gasteiger partial charge is 0.338 e. The van der Waals surface area contributed by atoms with E-state index in [-0.39, 0.29) is 12.2 Å². The molecule has 4 aromatic rings. The minimum atomic E-state index is -0.757. The van der Waals surface area contributed by atoms with E-state index in [1.807, 2.05) is 72.8 Å². The van der Waals surface area contributed by atoms with E-state index < -0.39 is 12.0 Å². The van der Waals surface area contributed by atoms with Crippen LogP contribution in [0.1, 0.15) is 29.7 Å². The van der Waals surface area contributed by atoms with Crippen molar-refractivity contribution in [3.05, 3.63) is 119 Å². The number of aromatic nitrogens is 1. The number of esters is 1. The molecule has 1 unspecified atom stereocenters. The van der Waals surface area contributed by atoms with Gasteiger partial charge in [0.25, 0.3) is 5.56 Å². The van der Waals surface area contributed by atoms with Crippen LogP contribution in [0, 0.1) is 0 Å². The van der Waals surface area contributed by atoms with Gasteiger partial charge in [0.05, 0.1) is 42.7 Å². The molecule has 1 aliphatic rings. The lowest BCUT2D eigenvalue weighted by atomic mass is 9.93. The van der Waals surface area contributed by atoms with Gasteiger partial charge in [-0.1, -0.05) is 69.7 Å². The first-order valence-corrected chi connectivity index (χ1v) is 13.8. The summed E-state index contributed by atoms with van der Waals surface area (Å²) in [6, 6.07) is 21.6. The van der Waals surface area contributed by atoms with Crippen LogP contribution in [0.3, 0.4) is 0 Å². The van der Waals surface area contributed by atoms with Gasteiger partial charge in [0.15, 0.2) is 4.80 Å². The van der Waals surface area contributed by atoms with E-state index in [2.05, 4.69) is 15.9 Å².